The lowest BCUT2D eigenvalue weighted by molar-refractivity contribution is 0.317. The Kier molecular flexibility index (Phi) is 4.24. The molecule has 0 amide bonds. The average Bonchev–Trinajstić information content (AvgIpc) is 2.58. The molecule has 1 aromatic heterocycles. The van der Waals surface area contributed by atoms with Crippen LogP contribution in [0.15, 0.2) is 16.6 Å². The molecule has 1 rings (SSSR count). The van der Waals surface area contributed by atoms with E-state index in [4.69, 9.17) is 10.9 Å². The van der Waals surface area contributed by atoms with Crippen LogP contribution in [0.25, 0.3) is 0 Å². The number of nitrogens with zero attached hydrogens (tertiary/aromatic N) is 4. The van der Waals surface area contributed by atoms with E-state index in [0.29, 0.717) is 6.42 Å². The molecule has 0 unspecified atom stereocenters. The molecule has 78 valence electrons. The van der Waals surface area contributed by atoms with Gasteiger partial charge in [0, 0.05) is 19.2 Å². The van der Waals surface area contributed by atoms with Crippen molar-refractivity contribution in [2.75, 3.05) is 5.75 Å². The summed E-state index contributed by atoms with van der Waals surface area (Å²) in [5, 5.41) is 19.7. The molecule has 0 aliphatic rings. The van der Waals surface area contributed by atoms with Crippen molar-refractivity contribution in [2.24, 2.45) is 17.9 Å². The maximum atomic E-state index is 8.29. The van der Waals surface area contributed by atoms with Crippen molar-refractivity contribution in [1.29, 1.82) is 0 Å². The lowest BCUT2D eigenvalue weighted by Crippen LogP contribution is -2.11. The highest BCUT2D eigenvalue weighted by atomic mass is 32.2. The van der Waals surface area contributed by atoms with Crippen molar-refractivity contribution < 1.29 is 5.21 Å². The van der Waals surface area contributed by atoms with Gasteiger partial charge in [0.2, 0.25) is 0 Å². The average molecular weight is 215 g/mol. The molecule has 0 radical (unpaired) electrons. The quantitative estimate of drug-likeness (QED) is 0.186. The summed E-state index contributed by atoms with van der Waals surface area (Å²) in [6, 6.07) is 0. The number of rotatable bonds is 5. The Bertz CT molecular complexity index is 311. The summed E-state index contributed by atoms with van der Waals surface area (Å²) in [5.74, 6) is 1.14. The molecule has 14 heavy (non-hydrogen) atoms. The molecular weight excluding hydrogens is 202 g/mol. The predicted octanol–water partition coefficient (Wildman–Crippen LogP) is 0.434. The first-order valence-corrected chi connectivity index (χ1v) is 5.16. The normalized spacial score (nSPS) is 11.9. The van der Waals surface area contributed by atoms with E-state index in [1.54, 1.807) is 18.1 Å². The van der Waals surface area contributed by atoms with Crippen molar-refractivity contribution in [3.8, 4) is 0 Å². The van der Waals surface area contributed by atoms with Gasteiger partial charge in [-0.15, -0.1) is 10.2 Å². The fraction of sp³-hybridized carbons (Fsp3) is 0.571. The van der Waals surface area contributed by atoms with Crippen LogP contribution in [-0.4, -0.2) is 31.6 Å². The number of thioether (sulfide) groups is 1. The molecule has 0 bridgehead atoms. The van der Waals surface area contributed by atoms with Gasteiger partial charge in [0.15, 0.2) is 5.16 Å². The van der Waals surface area contributed by atoms with E-state index in [0.717, 1.165) is 17.3 Å². The van der Waals surface area contributed by atoms with E-state index in [2.05, 4.69) is 15.4 Å². The summed E-state index contributed by atoms with van der Waals surface area (Å²) in [4.78, 5) is 0. The van der Waals surface area contributed by atoms with Crippen LogP contribution in [0, 0.1) is 0 Å². The third-order valence-corrected chi connectivity index (χ3v) is 2.73. The minimum atomic E-state index is 0.267. The summed E-state index contributed by atoms with van der Waals surface area (Å²) < 4.78 is 1.86. The van der Waals surface area contributed by atoms with Gasteiger partial charge in [0.25, 0.3) is 0 Å². The third kappa shape index (κ3) is 3.25. The van der Waals surface area contributed by atoms with E-state index in [-0.39, 0.29) is 5.84 Å². The predicted molar refractivity (Wildman–Crippen MR) is 54.4 cm³/mol. The zero-order chi connectivity index (χ0) is 10.4. The van der Waals surface area contributed by atoms with Crippen molar-refractivity contribution in [2.45, 2.75) is 18.0 Å². The van der Waals surface area contributed by atoms with Crippen LogP contribution in [0.2, 0.25) is 0 Å². The lowest BCUT2D eigenvalue weighted by atomic mass is 10.3. The smallest absolute Gasteiger partial charge is 0.190 e. The molecule has 0 saturated carbocycles. The van der Waals surface area contributed by atoms with Gasteiger partial charge in [-0.2, -0.15) is 0 Å². The van der Waals surface area contributed by atoms with E-state index in [9.17, 15) is 0 Å². The summed E-state index contributed by atoms with van der Waals surface area (Å²) >= 11 is 1.60. The van der Waals surface area contributed by atoms with Crippen LogP contribution < -0.4 is 5.73 Å². The third-order valence-electron chi connectivity index (χ3n) is 1.61. The number of hydrogen-bond donors (Lipinski definition) is 2. The van der Waals surface area contributed by atoms with Gasteiger partial charge < -0.3 is 15.5 Å². The number of nitrogens with two attached hydrogens (primary N) is 1. The highest BCUT2D eigenvalue weighted by Gasteiger charge is 2.01. The van der Waals surface area contributed by atoms with E-state index < -0.39 is 0 Å². The fourth-order valence-corrected chi connectivity index (χ4v) is 1.70. The molecule has 1 heterocycles. The molecule has 0 fully saturated rings. The van der Waals surface area contributed by atoms with Crippen molar-refractivity contribution in [3.05, 3.63) is 6.33 Å². The van der Waals surface area contributed by atoms with Crippen LogP contribution in [0.1, 0.15) is 12.8 Å². The Hall–Kier alpha value is -1.24. The Morgan fingerprint density at radius 2 is 2.57 bits per heavy atom. The van der Waals surface area contributed by atoms with E-state index in [1.807, 2.05) is 11.6 Å². The zero-order valence-corrected chi connectivity index (χ0v) is 8.74. The molecule has 6 nitrogen and oxygen atoms in total. The highest BCUT2D eigenvalue weighted by Crippen LogP contribution is 2.14. The Balaban J connectivity index is 2.20. The van der Waals surface area contributed by atoms with Gasteiger partial charge in [-0.25, -0.2) is 0 Å². The number of aryl methyl sites for hydroxylation is 1. The van der Waals surface area contributed by atoms with Crippen molar-refractivity contribution >= 4 is 17.6 Å². The number of hydrogen-bond acceptors (Lipinski definition) is 5. The second-order valence-corrected chi connectivity index (χ2v) is 3.83. The van der Waals surface area contributed by atoms with Gasteiger partial charge in [-0.3, -0.25) is 0 Å². The molecule has 7 heteroatoms. The summed E-state index contributed by atoms with van der Waals surface area (Å²) in [6.45, 7) is 0. The van der Waals surface area contributed by atoms with Gasteiger partial charge in [0.1, 0.15) is 12.2 Å². The first kappa shape index (κ1) is 10.8. The number of oxime groups is 1. The molecule has 0 atom stereocenters. The number of aromatic nitrogens is 3. The maximum Gasteiger partial charge on any atom is 0.190 e. The lowest BCUT2D eigenvalue weighted by Gasteiger charge is -1.99. The number of amidine groups is 1. The largest absolute Gasteiger partial charge is 0.409 e. The van der Waals surface area contributed by atoms with E-state index in [1.165, 1.54) is 0 Å². The van der Waals surface area contributed by atoms with Crippen LogP contribution in [0.3, 0.4) is 0 Å². The molecule has 0 aromatic carbocycles. The van der Waals surface area contributed by atoms with Crippen LogP contribution in [0.5, 0.6) is 0 Å². The molecular formula is C7H13N5OS. The van der Waals surface area contributed by atoms with Crippen LogP contribution in [-0.2, 0) is 7.05 Å². The topological polar surface area (TPSA) is 89.3 Å². The van der Waals surface area contributed by atoms with Crippen molar-refractivity contribution in [1.82, 2.24) is 14.8 Å². The molecule has 0 aliphatic carbocycles. The summed E-state index contributed by atoms with van der Waals surface area (Å²) in [7, 11) is 1.89. The second kappa shape index (κ2) is 5.48. The van der Waals surface area contributed by atoms with Gasteiger partial charge in [-0.1, -0.05) is 16.9 Å². The fourth-order valence-electron chi connectivity index (χ4n) is 0.870. The molecule has 0 spiro atoms. The molecule has 3 N–H and O–H groups in total. The molecule has 0 aliphatic heterocycles. The van der Waals surface area contributed by atoms with Crippen LogP contribution >= 0.6 is 11.8 Å². The van der Waals surface area contributed by atoms with E-state index >= 15 is 0 Å². The Labute approximate surface area is 86.2 Å². The SMILES string of the molecule is Cn1cnnc1SCCC/C(N)=N/O. The Morgan fingerprint density at radius 3 is 3.14 bits per heavy atom. The molecule has 0 saturated heterocycles. The maximum absolute atomic E-state index is 8.29. The van der Waals surface area contributed by atoms with Crippen LogP contribution in [0.4, 0.5) is 0 Å². The Morgan fingerprint density at radius 1 is 1.79 bits per heavy atom. The monoisotopic (exact) mass is 215 g/mol. The standard InChI is InChI=1S/C7H13N5OS/c1-12-5-9-10-7(12)14-4-2-3-6(8)11-13/h5,13H,2-4H2,1H3,(H2,8,11). The first-order chi connectivity index (χ1) is 6.74. The molecule has 1 aromatic rings. The van der Waals surface area contributed by atoms with Crippen molar-refractivity contribution in [3.63, 3.8) is 0 Å². The second-order valence-electron chi connectivity index (χ2n) is 2.77. The minimum Gasteiger partial charge on any atom is -0.409 e. The summed E-state index contributed by atoms with van der Waals surface area (Å²) in [5.41, 5.74) is 5.32. The highest BCUT2D eigenvalue weighted by molar-refractivity contribution is 7.99. The van der Waals surface area contributed by atoms with Gasteiger partial charge >= 0.3 is 0 Å². The first-order valence-electron chi connectivity index (χ1n) is 4.17. The van der Waals surface area contributed by atoms with Gasteiger partial charge in [-0.05, 0) is 6.42 Å². The minimum absolute atomic E-state index is 0.267. The van der Waals surface area contributed by atoms with Gasteiger partial charge in [0.05, 0.1) is 0 Å². The summed E-state index contributed by atoms with van der Waals surface area (Å²) in [6.07, 6.45) is 3.11. The zero-order valence-electron chi connectivity index (χ0n) is 7.92.